The summed E-state index contributed by atoms with van der Waals surface area (Å²) >= 11 is 0. The first-order valence-electron chi connectivity index (χ1n) is 11.4. The zero-order valence-corrected chi connectivity index (χ0v) is 18.7. The van der Waals surface area contributed by atoms with E-state index in [1.165, 1.54) is 24.1 Å². The molecule has 1 saturated heterocycles. The summed E-state index contributed by atoms with van der Waals surface area (Å²) in [4.78, 5) is 14.1. The van der Waals surface area contributed by atoms with Gasteiger partial charge in [-0.1, -0.05) is 60.5 Å². The topological polar surface area (TPSA) is 40.5 Å². The zero-order chi connectivity index (χ0) is 22.7. The third-order valence-corrected chi connectivity index (χ3v) is 6.55. The molecule has 166 valence electrons. The van der Waals surface area contributed by atoms with Crippen LogP contribution in [0.2, 0.25) is 0 Å². The largest absolute Gasteiger partial charge is 0.481 e. The molecule has 0 aromatic heterocycles. The van der Waals surface area contributed by atoms with Crippen molar-refractivity contribution >= 4 is 5.97 Å². The molecule has 32 heavy (non-hydrogen) atoms. The molecule has 0 saturated carbocycles. The van der Waals surface area contributed by atoms with Crippen molar-refractivity contribution in [2.45, 2.75) is 45.1 Å². The van der Waals surface area contributed by atoms with Crippen molar-refractivity contribution in [3.05, 3.63) is 94.8 Å². The Morgan fingerprint density at radius 2 is 1.53 bits per heavy atom. The van der Waals surface area contributed by atoms with Gasteiger partial charge in [0.25, 0.3) is 0 Å². The molecule has 1 unspecified atom stereocenters. The predicted molar refractivity (Wildman–Crippen MR) is 126 cm³/mol. The SMILES string of the molecule is Cc1ccc(-c2cc([C@@H](C)C(=O)O)ccc2C(c2ccc(F)cc2)N2CCCCC2)cc1. The normalized spacial score (nSPS) is 16.5. The van der Waals surface area contributed by atoms with E-state index in [0.717, 1.165) is 53.7 Å². The first-order chi connectivity index (χ1) is 15.4. The maximum Gasteiger partial charge on any atom is 0.310 e. The molecule has 0 amide bonds. The maximum atomic E-state index is 13.7. The minimum atomic E-state index is -0.835. The monoisotopic (exact) mass is 431 g/mol. The van der Waals surface area contributed by atoms with Crippen LogP contribution >= 0.6 is 0 Å². The van der Waals surface area contributed by atoms with Gasteiger partial charge >= 0.3 is 5.97 Å². The van der Waals surface area contributed by atoms with Gasteiger partial charge in [0.15, 0.2) is 0 Å². The molecule has 1 aliphatic rings. The number of rotatable bonds is 6. The first-order valence-corrected chi connectivity index (χ1v) is 11.4. The van der Waals surface area contributed by atoms with Gasteiger partial charge < -0.3 is 5.11 Å². The Morgan fingerprint density at radius 1 is 0.906 bits per heavy atom. The molecule has 1 fully saturated rings. The quantitative estimate of drug-likeness (QED) is 0.480. The summed E-state index contributed by atoms with van der Waals surface area (Å²) in [6.07, 6.45) is 3.52. The number of nitrogens with zero attached hydrogens (tertiary/aromatic N) is 1. The van der Waals surface area contributed by atoms with E-state index in [0.29, 0.717) is 0 Å². The number of carboxylic acid groups (broad SMARTS) is 1. The zero-order valence-electron chi connectivity index (χ0n) is 18.7. The smallest absolute Gasteiger partial charge is 0.310 e. The lowest BCUT2D eigenvalue weighted by Crippen LogP contribution is -2.34. The minimum Gasteiger partial charge on any atom is -0.481 e. The van der Waals surface area contributed by atoms with Gasteiger partial charge in [-0.25, -0.2) is 4.39 Å². The molecular weight excluding hydrogens is 401 g/mol. The van der Waals surface area contributed by atoms with E-state index in [9.17, 15) is 14.3 Å². The summed E-state index contributed by atoms with van der Waals surface area (Å²) in [5.74, 6) is -1.67. The van der Waals surface area contributed by atoms with E-state index < -0.39 is 11.9 Å². The Hall–Kier alpha value is -2.98. The summed E-state index contributed by atoms with van der Waals surface area (Å²) in [5, 5.41) is 9.58. The van der Waals surface area contributed by atoms with E-state index in [1.54, 1.807) is 6.92 Å². The van der Waals surface area contributed by atoms with Crippen molar-refractivity contribution < 1.29 is 14.3 Å². The van der Waals surface area contributed by atoms with E-state index in [-0.39, 0.29) is 11.9 Å². The average Bonchev–Trinajstić information content (AvgIpc) is 2.81. The maximum absolute atomic E-state index is 13.7. The lowest BCUT2D eigenvalue weighted by molar-refractivity contribution is -0.138. The molecule has 1 heterocycles. The molecule has 3 aromatic carbocycles. The van der Waals surface area contributed by atoms with Crippen molar-refractivity contribution in [3.63, 3.8) is 0 Å². The highest BCUT2D eigenvalue weighted by molar-refractivity contribution is 5.78. The number of benzene rings is 3. The van der Waals surface area contributed by atoms with Gasteiger partial charge in [-0.05, 0) is 85.8 Å². The van der Waals surface area contributed by atoms with Gasteiger partial charge in [-0.15, -0.1) is 0 Å². The summed E-state index contributed by atoms with van der Waals surface area (Å²) < 4.78 is 13.7. The van der Waals surface area contributed by atoms with Crippen molar-refractivity contribution in [1.29, 1.82) is 0 Å². The van der Waals surface area contributed by atoms with E-state index in [4.69, 9.17) is 0 Å². The highest BCUT2D eigenvalue weighted by Crippen LogP contribution is 2.39. The van der Waals surface area contributed by atoms with Crippen molar-refractivity contribution in [3.8, 4) is 11.1 Å². The summed E-state index contributed by atoms with van der Waals surface area (Å²) in [7, 11) is 0. The van der Waals surface area contributed by atoms with Crippen LogP contribution in [-0.4, -0.2) is 29.1 Å². The third kappa shape index (κ3) is 4.76. The van der Waals surface area contributed by atoms with Crippen LogP contribution in [0.25, 0.3) is 11.1 Å². The van der Waals surface area contributed by atoms with Crippen LogP contribution in [0.4, 0.5) is 4.39 Å². The second-order valence-electron chi connectivity index (χ2n) is 8.82. The molecule has 4 rings (SSSR count). The number of aliphatic carboxylic acids is 1. The number of aryl methyl sites for hydroxylation is 1. The van der Waals surface area contributed by atoms with E-state index in [2.05, 4.69) is 42.2 Å². The van der Waals surface area contributed by atoms with Crippen molar-refractivity contribution in [2.75, 3.05) is 13.1 Å². The summed E-state index contributed by atoms with van der Waals surface area (Å²) in [6, 6.07) is 21.2. The Labute approximate surface area is 189 Å². The molecule has 0 bridgehead atoms. The fraction of sp³-hybridized carbons (Fsp3) is 0.321. The number of carboxylic acids is 1. The van der Waals surface area contributed by atoms with Crippen LogP contribution in [0.15, 0.2) is 66.7 Å². The fourth-order valence-electron chi connectivity index (χ4n) is 4.62. The lowest BCUT2D eigenvalue weighted by atomic mass is 9.86. The third-order valence-electron chi connectivity index (χ3n) is 6.55. The fourth-order valence-corrected chi connectivity index (χ4v) is 4.62. The van der Waals surface area contributed by atoms with Crippen molar-refractivity contribution in [1.82, 2.24) is 4.90 Å². The highest BCUT2D eigenvalue weighted by atomic mass is 19.1. The Bertz CT molecular complexity index is 1070. The van der Waals surface area contributed by atoms with Crippen LogP contribution in [0, 0.1) is 12.7 Å². The number of hydrogen-bond acceptors (Lipinski definition) is 2. The molecule has 1 aliphatic heterocycles. The van der Waals surface area contributed by atoms with Gasteiger partial charge in [0.1, 0.15) is 5.82 Å². The van der Waals surface area contributed by atoms with Crippen molar-refractivity contribution in [2.24, 2.45) is 0 Å². The van der Waals surface area contributed by atoms with Gasteiger partial charge in [0.2, 0.25) is 0 Å². The predicted octanol–water partition coefficient (Wildman–Crippen LogP) is 6.56. The molecule has 4 heteroatoms. The van der Waals surface area contributed by atoms with Gasteiger partial charge in [0.05, 0.1) is 12.0 Å². The van der Waals surface area contributed by atoms with Crippen LogP contribution in [0.1, 0.15) is 60.4 Å². The van der Waals surface area contributed by atoms with Crippen LogP contribution in [0.3, 0.4) is 0 Å². The van der Waals surface area contributed by atoms with Crippen LogP contribution < -0.4 is 0 Å². The minimum absolute atomic E-state index is 0.0126. The molecule has 3 aromatic rings. The summed E-state index contributed by atoms with van der Waals surface area (Å²) in [5.41, 5.74) is 6.25. The second kappa shape index (κ2) is 9.66. The molecule has 3 nitrogen and oxygen atoms in total. The van der Waals surface area contributed by atoms with E-state index >= 15 is 0 Å². The molecule has 1 N–H and O–H groups in total. The molecule has 0 spiro atoms. The summed E-state index contributed by atoms with van der Waals surface area (Å²) in [6.45, 7) is 5.76. The molecular formula is C28H30FNO2. The number of hydrogen-bond donors (Lipinski definition) is 1. The number of piperidine rings is 1. The molecule has 0 radical (unpaired) electrons. The Morgan fingerprint density at radius 3 is 2.16 bits per heavy atom. The standard InChI is InChI=1S/C28H30FNO2/c1-19-6-8-21(9-7-19)26-18-23(20(2)28(31)32)12-15-25(26)27(30-16-4-3-5-17-30)22-10-13-24(29)14-11-22/h6-15,18,20,27H,3-5,16-17H2,1-2H3,(H,31,32)/t20-,27?/m1/s1. The Balaban J connectivity index is 1.89. The van der Waals surface area contributed by atoms with Crippen LogP contribution in [0.5, 0.6) is 0 Å². The van der Waals surface area contributed by atoms with Gasteiger partial charge in [-0.3, -0.25) is 9.69 Å². The lowest BCUT2D eigenvalue weighted by Gasteiger charge is -2.36. The highest BCUT2D eigenvalue weighted by Gasteiger charge is 2.27. The Kier molecular flexibility index (Phi) is 6.71. The van der Waals surface area contributed by atoms with E-state index in [1.807, 2.05) is 24.3 Å². The molecule has 0 aliphatic carbocycles. The number of halogens is 1. The average molecular weight is 432 g/mol. The molecule has 2 atom stereocenters. The number of carbonyl (C=O) groups is 1. The van der Waals surface area contributed by atoms with Gasteiger partial charge in [0, 0.05) is 0 Å². The second-order valence-corrected chi connectivity index (χ2v) is 8.82. The number of likely N-dealkylation sites (tertiary alicyclic amines) is 1. The van der Waals surface area contributed by atoms with Gasteiger partial charge in [-0.2, -0.15) is 0 Å². The first kappa shape index (κ1) is 22.2. The van der Waals surface area contributed by atoms with Crippen LogP contribution in [-0.2, 0) is 4.79 Å².